The first-order valence-electron chi connectivity index (χ1n) is 6.46. The number of hydrogen-bond acceptors (Lipinski definition) is 2. The molecule has 0 radical (unpaired) electrons. The van der Waals surface area contributed by atoms with E-state index in [1.54, 1.807) is 0 Å². The van der Waals surface area contributed by atoms with Crippen molar-refractivity contribution < 1.29 is 4.79 Å². The zero-order chi connectivity index (χ0) is 13.0. The van der Waals surface area contributed by atoms with Crippen LogP contribution in [0.1, 0.15) is 42.5 Å². The Hall–Kier alpha value is -1.84. The van der Waals surface area contributed by atoms with Crippen molar-refractivity contribution in [3.63, 3.8) is 0 Å². The van der Waals surface area contributed by atoms with Gasteiger partial charge in [0.05, 0.1) is 5.52 Å². The largest absolute Gasteiger partial charge is 0.351 e. The Morgan fingerprint density at radius 3 is 3.00 bits per heavy atom. The van der Waals surface area contributed by atoms with E-state index in [1.165, 1.54) is 0 Å². The van der Waals surface area contributed by atoms with E-state index in [4.69, 9.17) is 0 Å². The van der Waals surface area contributed by atoms with E-state index < -0.39 is 0 Å². The van der Waals surface area contributed by atoms with E-state index in [2.05, 4.69) is 17.2 Å². The summed E-state index contributed by atoms with van der Waals surface area (Å²) in [7, 11) is 0. The Balaban J connectivity index is 2.13. The van der Waals surface area contributed by atoms with Crippen LogP contribution < -0.4 is 5.32 Å². The van der Waals surface area contributed by atoms with Crippen LogP contribution in [0.3, 0.4) is 0 Å². The Kier molecular flexibility index (Phi) is 3.97. The highest BCUT2D eigenvalue weighted by Crippen LogP contribution is 2.12. The number of unbranched alkanes of at least 4 members (excludes halogenated alkanes) is 2. The molecular formula is C14H19N3O. The molecule has 0 saturated carbocycles. The number of pyridine rings is 1. The number of nitrogens with one attached hydrogen (secondary N) is 1. The first-order chi connectivity index (χ1) is 8.74. The first-order valence-corrected chi connectivity index (χ1v) is 6.46. The van der Waals surface area contributed by atoms with Gasteiger partial charge in [-0.1, -0.05) is 25.8 Å². The Labute approximate surface area is 107 Å². The normalized spacial score (nSPS) is 10.8. The molecule has 0 fully saturated rings. The number of carbonyl (C=O) groups excluding carboxylic acids is 1. The fourth-order valence-electron chi connectivity index (χ4n) is 2.02. The minimum atomic E-state index is -0.0806. The van der Waals surface area contributed by atoms with E-state index in [0.29, 0.717) is 5.69 Å². The lowest BCUT2D eigenvalue weighted by Gasteiger charge is -2.02. The first kappa shape index (κ1) is 12.6. The molecule has 0 unspecified atom stereocenters. The van der Waals surface area contributed by atoms with Gasteiger partial charge >= 0.3 is 0 Å². The predicted octanol–water partition coefficient (Wildman–Crippen LogP) is 2.56. The SMILES string of the molecule is CCCCCNC(=O)c1nc(C)n2ccccc12. The highest BCUT2D eigenvalue weighted by atomic mass is 16.1. The van der Waals surface area contributed by atoms with Gasteiger partial charge in [0.25, 0.3) is 5.91 Å². The van der Waals surface area contributed by atoms with Crippen LogP contribution in [0.2, 0.25) is 0 Å². The van der Waals surface area contributed by atoms with Gasteiger partial charge < -0.3 is 9.72 Å². The molecule has 0 aliphatic carbocycles. The lowest BCUT2D eigenvalue weighted by atomic mass is 10.2. The maximum atomic E-state index is 12.0. The Morgan fingerprint density at radius 2 is 2.22 bits per heavy atom. The van der Waals surface area contributed by atoms with Gasteiger partial charge in [0, 0.05) is 12.7 Å². The standard InChI is InChI=1S/C14H19N3O/c1-3-4-6-9-15-14(18)13-12-8-5-7-10-17(12)11(2)16-13/h5,7-8,10H,3-4,6,9H2,1-2H3,(H,15,18). The summed E-state index contributed by atoms with van der Waals surface area (Å²) in [5.41, 5.74) is 1.38. The summed E-state index contributed by atoms with van der Waals surface area (Å²) in [5.74, 6) is 0.757. The Morgan fingerprint density at radius 1 is 1.39 bits per heavy atom. The monoisotopic (exact) mass is 245 g/mol. The minimum Gasteiger partial charge on any atom is -0.351 e. The third-order valence-corrected chi connectivity index (χ3v) is 3.01. The fourth-order valence-corrected chi connectivity index (χ4v) is 2.02. The van der Waals surface area contributed by atoms with Crippen molar-refractivity contribution in [2.24, 2.45) is 0 Å². The third kappa shape index (κ3) is 2.53. The number of aryl methyl sites for hydroxylation is 1. The number of hydrogen-bond donors (Lipinski definition) is 1. The average Bonchev–Trinajstić information content (AvgIpc) is 2.73. The number of imidazole rings is 1. The van der Waals surface area contributed by atoms with Crippen LogP contribution in [0.5, 0.6) is 0 Å². The molecule has 0 aliphatic rings. The molecule has 0 atom stereocenters. The summed E-state index contributed by atoms with van der Waals surface area (Å²) in [4.78, 5) is 16.4. The van der Waals surface area contributed by atoms with Crippen molar-refractivity contribution in [1.82, 2.24) is 14.7 Å². The number of nitrogens with zero attached hydrogens (tertiary/aromatic N) is 2. The van der Waals surface area contributed by atoms with E-state index >= 15 is 0 Å². The molecule has 4 nitrogen and oxygen atoms in total. The zero-order valence-electron chi connectivity index (χ0n) is 10.9. The number of carbonyl (C=O) groups is 1. The Bertz CT molecular complexity index is 545. The van der Waals surface area contributed by atoms with Crippen LogP contribution >= 0.6 is 0 Å². The van der Waals surface area contributed by atoms with Crippen LogP contribution in [0.15, 0.2) is 24.4 Å². The second-order valence-electron chi connectivity index (χ2n) is 4.43. The second-order valence-corrected chi connectivity index (χ2v) is 4.43. The zero-order valence-corrected chi connectivity index (χ0v) is 10.9. The van der Waals surface area contributed by atoms with E-state index in [1.807, 2.05) is 35.7 Å². The van der Waals surface area contributed by atoms with Gasteiger partial charge in [-0.3, -0.25) is 4.79 Å². The molecule has 2 heterocycles. The summed E-state index contributed by atoms with van der Waals surface area (Å²) < 4.78 is 1.93. The maximum Gasteiger partial charge on any atom is 0.272 e. The lowest BCUT2D eigenvalue weighted by Crippen LogP contribution is -2.25. The number of rotatable bonds is 5. The van der Waals surface area contributed by atoms with Gasteiger partial charge in [0.1, 0.15) is 5.82 Å². The summed E-state index contributed by atoms with van der Waals surface area (Å²) in [5, 5.41) is 2.92. The van der Waals surface area contributed by atoms with Crippen LogP contribution in [0.25, 0.3) is 5.52 Å². The lowest BCUT2D eigenvalue weighted by molar-refractivity contribution is 0.0950. The summed E-state index contributed by atoms with van der Waals surface area (Å²) >= 11 is 0. The minimum absolute atomic E-state index is 0.0806. The number of fused-ring (bicyclic) bond motifs is 1. The van der Waals surface area contributed by atoms with E-state index in [0.717, 1.165) is 37.1 Å². The van der Waals surface area contributed by atoms with Crippen LogP contribution in [0, 0.1) is 6.92 Å². The molecule has 0 saturated heterocycles. The fraction of sp³-hybridized carbons (Fsp3) is 0.429. The molecular weight excluding hydrogens is 226 g/mol. The summed E-state index contributed by atoms with van der Waals surface area (Å²) in [6.45, 7) is 4.77. The molecule has 18 heavy (non-hydrogen) atoms. The number of aromatic nitrogens is 2. The smallest absolute Gasteiger partial charge is 0.272 e. The third-order valence-electron chi connectivity index (χ3n) is 3.01. The van der Waals surface area contributed by atoms with Crippen LogP contribution in [-0.2, 0) is 0 Å². The van der Waals surface area contributed by atoms with Crippen molar-refractivity contribution in [2.45, 2.75) is 33.1 Å². The van der Waals surface area contributed by atoms with Crippen LogP contribution in [0.4, 0.5) is 0 Å². The molecule has 0 bridgehead atoms. The highest BCUT2D eigenvalue weighted by Gasteiger charge is 2.14. The van der Waals surface area contributed by atoms with Crippen LogP contribution in [-0.4, -0.2) is 21.8 Å². The molecule has 0 aromatic carbocycles. The maximum absolute atomic E-state index is 12.0. The van der Waals surface area contributed by atoms with Crippen molar-refractivity contribution >= 4 is 11.4 Å². The molecule has 0 spiro atoms. The highest BCUT2D eigenvalue weighted by molar-refractivity contribution is 5.99. The van der Waals surface area contributed by atoms with Gasteiger partial charge in [-0.25, -0.2) is 4.98 Å². The van der Waals surface area contributed by atoms with Crippen molar-refractivity contribution in [3.8, 4) is 0 Å². The quantitative estimate of drug-likeness (QED) is 0.823. The van der Waals surface area contributed by atoms with Gasteiger partial charge in [0.2, 0.25) is 0 Å². The van der Waals surface area contributed by atoms with Crippen molar-refractivity contribution in [3.05, 3.63) is 35.9 Å². The van der Waals surface area contributed by atoms with E-state index in [-0.39, 0.29) is 5.91 Å². The van der Waals surface area contributed by atoms with Gasteiger partial charge in [0.15, 0.2) is 5.69 Å². The average molecular weight is 245 g/mol. The molecule has 2 rings (SSSR count). The molecule has 2 aromatic heterocycles. The second kappa shape index (κ2) is 5.67. The number of amides is 1. The summed E-state index contributed by atoms with van der Waals surface area (Å²) in [6.07, 6.45) is 5.24. The molecule has 4 heteroatoms. The molecule has 0 aliphatic heterocycles. The van der Waals surface area contributed by atoms with Gasteiger partial charge in [-0.2, -0.15) is 0 Å². The predicted molar refractivity (Wildman–Crippen MR) is 71.8 cm³/mol. The van der Waals surface area contributed by atoms with Crippen molar-refractivity contribution in [1.29, 1.82) is 0 Å². The van der Waals surface area contributed by atoms with E-state index in [9.17, 15) is 4.79 Å². The molecule has 1 amide bonds. The van der Waals surface area contributed by atoms with Crippen molar-refractivity contribution in [2.75, 3.05) is 6.54 Å². The summed E-state index contributed by atoms with van der Waals surface area (Å²) in [6, 6.07) is 5.77. The van der Waals surface area contributed by atoms with Gasteiger partial charge in [-0.05, 0) is 25.5 Å². The molecule has 2 aromatic rings. The molecule has 1 N–H and O–H groups in total. The van der Waals surface area contributed by atoms with Gasteiger partial charge in [-0.15, -0.1) is 0 Å². The topological polar surface area (TPSA) is 46.4 Å². The molecule has 96 valence electrons.